The fraction of sp³-hybridized carbons (Fsp3) is 0.348. The maximum atomic E-state index is 4.72. The van der Waals surface area contributed by atoms with E-state index in [1.54, 1.807) is 0 Å². The van der Waals surface area contributed by atoms with Gasteiger partial charge < -0.3 is 4.57 Å². The van der Waals surface area contributed by atoms with Crippen molar-refractivity contribution in [3.8, 4) is 11.4 Å². The molecule has 1 aromatic heterocycles. The lowest BCUT2D eigenvalue weighted by Crippen LogP contribution is -2.36. The van der Waals surface area contributed by atoms with Crippen molar-refractivity contribution in [1.82, 2.24) is 9.55 Å². The van der Waals surface area contributed by atoms with E-state index in [-0.39, 0.29) is 5.54 Å². The summed E-state index contributed by atoms with van der Waals surface area (Å²) in [6.45, 7) is 0. The fourth-order valence-electron chi connectivity index (χ4n) is 5.13. The van der Waals surface area contributed by atoms with E-state index in [0.29, 0.717) is 0 Å². The normalized spacial score (nSPS) is 22.2. The minimum absolute atomic E-state index is 0.134. The van der Waals surface area contributed by atoms with Crippen LogP contribution in [0.2, 0.25) is 0 Å². The van der Waals surface area contributed by atoms with Gasteiger partial charge in [-0.2, -0.15) is 0 Å². The van der Waals surface area contributed by atoms with Gasteiger partial charge in [0, 0.05) is 22.4 Å². The van der Waals surface area contributed by atoms with E-state index in [2.05, 4.69) is 75.2 Å². The van der Waals surface area contributed by atoms with Gasteiger partial charge in [-0.3, -0.25) is 0 Å². The molecule has 0 N–H and O–H groups in total. The number of hydrogen-bond acceptors (Lipinski definition) is 1. The number of hydrogen-bond donors (Lipinski definition) is 0. The number of fused-ring (bicyclic) bond motifs is 3. The Kier molecular flexibility index (Phi) is 4.00. The summed E-state index contributed by atoms with van der Waals surface area (Å²) in [4.78, 5) is 4.72. The van der Waals surface area contributed by atoms with Crippen LogP contribution in [-0.4, -0.2) is 9.55 Å². The first-order valence-electron chi connectivity index (χ1n) is 9.69. The smallest absolute Gasteiger partial charge is 0.141 e. The lowest BCUT2D eigenvalue weighted by Gasteiger charge is -2.38. The topological polar surface area (TPSA) is 17.8 Å². The van der Waals surface area contributed by atoms with Crippen LogP contribution < -0.4 is 0 Å². The van der Waals surface area contributed by atoms with Crippen molar-refractivity contribution in [2.45, 2.75) is 44.1 Å². The molecular formula is C23H23BrN2. The van der Waals surface area contributed by atoms with Crippen LogP contribution in [0, 0.1) is 5.92 Å². The Bertz CT molecular complexity index is 921. The average molecular weight is 407 g/mol. The monoisotopic (exact) mass is 406 g/mol. The van der Waals surface area contributed by atoms with E-state index in [0.717, 1.165) is 22.6 Å². The fourth-order valence-corrected chi connectivity index (χ4v) is 5.40. The third-order valence-electron chi connectivity index (χ3n) is 6.30. The van der Waals surface area contributed by atoms with Gasteiger partial charge in [-0.25, -0.2) is 4.98 Å². The first-order chi connectivity index (χ1) is 12.8. The number of nitrogens with zero attached hydrogens (tertiary/aromatic N) is 2. The zero-order chi connectivity index (χ0) is 17.6. The van der Waals surface area contributed by atoms with Crippen LogP contribution in [0.5, 0.6) is 0 Å². The van der Waals surface area contributed by atoms with Gasteiger partial charge in [0.2, 0.25) is 0 Å². The second kappa shape index (κ2) is 6.38. The lowest BCUT2D eigenvalue weighted by molar-refractivity contribution is 0.264. The highest BCUT2D eigenvalue weighted by molar-refractivity contribution is 9.10. The predicted molar refractivity (Wildman–Crippen MR) is 109 cm³/mol. The Labute approximate surface area is 163 Å². The van der Waals surface area contributed by atoms with Gasteiger partial charge in [-0.15, -0.1) is 0 Å². The Morgan fingerprint density at radius 3 is 2.58 bits per heavy atom. The third kappa shape index (κ3) is 2.40. The number of rotatable bonds is 3. The molecule has 3 aromatic rings. The van der Waals surface area contributed by atoms with Crippen molar-refractivity contribution in [3.63, 3.8) is 0 Å². The highest BCUT2D eigenvalue weighted by atomic mass is 79.9. The second-order valence-electron chi connectivity index (χ2n) is 7.74. The van der Waals surface area contributed by atoms with Gasteiger partial charge in [0.25, 0.3) is 0 Å². The molecule has 1 saturated carbocycles. The molecule has 1 fully saturated rings. The summed E-state index contributed by atoms with van der Waals surface area (Å²) >= 11 is 3.61. The molecule has 1 atom stereocenters. The molecule has 0 saturated heterocycles. The summed E-state index contributed by atoms with van der Waals surface area (Å²) in [5.41, 5.74) is 3.94. The summed E-state index contributed by atoms with van der Waals surface area (Å²) in [5.74, 6) is 1.88. The predicted octanol–water partition coefficient (Wildman–Crippen LogP) is 6.39. The first-order valence-corrected chi connectivity index (χ1v) is 10.5. The average Bonchev–Trinajstić information content (AvgIpc) is 3.26. The van der Waals surface area contributed by atoms with Gasteiger partial charge in [0.1, 0.15) is 5.82 Å². The van der Waals surface area contributed by atoms with Crippen LogP contribution in [0.1, 0.15) is 49.7 Å². The van der Waals surface area contributed by atoms with Crippen molar-refractivity contribution in [1.29, 1.82) is 0 Å². The summed E-state index contributed by atoms with van der Waals surface area (Å²) in [6, 6.07) is 17.8. The second-order valence-corrected chi connectivity index (χ2v) is 8.66. The van der Waals surface area contributed by atoms with Gasteiger partial charge in [0.05, 0.1) is 5.54 Å². The molecule has 0 bridgehead atoms. The van der Waals surface area contributed by atoms with E-state index < -0.39 is 0 Å². The molecular weight excluding hydrogens is 384 g/mol. The lowest BCUT2D eigenvalue weighted by atomic mass is 9.73. The van der Waals surface area contributed by atoms with Crippen LogP contribution in [0.3, 0.4) is 0 Å². The van der Waals surface area contributed by atoms with Crippen LogP contribution in [0.25, 0.3) is 11.4 Å². The molecule has 2 aliphatic rings. The molecule has 1 aliphatic carbocycles. The summed E-state index contributed by atoms with van der Waals surface area (Å²) < 4.78 is 3.57. The van der Waals surface area contributed by atoms with E-state index in [9.17, 15) is 0 Å². The number of imidazole rings is 1. The standard InChI is InChI=1S/C23H23BrN2/c24-19-12-10-18(11-13-19)23(16-17-6-2-1-3-7-17)21-9-5-4-8-20(21)22-25-14-15-26(22)23/h4-5,8-15,17H,1-3,6-7,16H2/t23-/m0/s1. The van der Waals surface area contributed by atoms with Gasteiger partial charge in [-0.05, 0) is 35.6 Å². The molecule has 3 heteroatoms. The quantitative estimate of drug-likeness (QED) is 0.492. The summed E-state index contributed by atoms with van der Waals surface area (Å²) in [5, 5.41) is 0. The van der Waals surface area contributed by atoms with Crippen molar-refractivity contribution >= 4 is 15.9 Å². The first kappa shape index (κ1) is 16.3. The van der Waals surface area contributed by atoms with Crippen LogP contribution in [-0.2, 0) is 5.54 Å². The van der Waals surface area contributed by atoms with Crippen LogP contribution in [0.15, 0.2) is 65.4 Å². The Hall–Kier alpha value is -1.87. The highest BCUT2D eigenvalue weighted by Crippen LogP contribution is 2.51. The zero-order valence-corrected chi connectivity index (χ0v) is 16.5. The van der Waals surface area contributed by atoms with Crippen molar-refractivity contribution in [2.75, 3.05) is 0 Å². The highest BCUT2D eigenvalue weighted by Gasteiger charge is 2.46. The Morgan fingerprint density at radius 2 is 1.77 bits per heavy atom. The summed E-state index contributed by atoms with van der Waals surface area (Å²) in [6.07, 6.45) is 12.2. The molecule has 0 radical (unpaired) electrons. The van der Waals surface area contributed by atoms with E-state index >= 15 is 0 Å². The molecule has 132 valence electrons. The molecule has 0 spiro atoms. The number of aromatic nitrogens is 2. The van der Waals surface area contributed by atoms with E-state index in [1.807, 2.05) is 6.20 Å². The Morgan fingerprint density at radius 1 is 1.00 bits per heavy atom. The molecule has 2 nitrogen and oxygen atoms in total. The molecule has 0 unspecified atom stereocenters. The summed E-state index contributed by atoms with van der Waals surface area (Å²) in [7, 11) is 0. The third-order valence-corrected chi connectivity index (χ3v) is 6.82. The molecule has 1 aliphatic heterocycles. The van der Waals surface area contributed by atoms with Gasteiger partial charge in [0.15, 0.2) is 0 Å². The number of halogens is 1. The van der Waals surface area contributed by atoms with Gasteiger partial charge >= 0.3 is 0 Å². The molecule has 0 amide bonds. The van der Waals surface area contributed by atoms with E-state index in [4.69, 9.17) is 4.98 Å². The van der Waals surface area contributed by atoms with Crippen molar-refractivity contribution < 1.29 is 0 Å². The number of benzene rings is 2. The minimum atomic E-state index is -0.134. The zero-order valence-electron chi connectivity index (χ0n) is 14.9. The maximum absolute atomic E-state index is 4.72. The van der Waals surface area contributed by atoms with Crippen molar-refractivity contribution in [3.05, 3.63) is 76.5 Å². The van der Waals surface area contributed by atoms with Crippen molar-refractivity contribution in [2.24, 2.45) is 5.92 Å². The Balaban J connectivity index is 1.73. The largest absolute Gasteiger partial charge is 0.317 e. The van der Waals surface area contributed by atoms with Crippen LogP contribution >= 0.6 is 15.9 Å². The molecule has 2 aromatic carbocycles. The SMILES string of the molecule is Brc1ccc([C@@]2(CC3CCCCC3)c3ccccc3-c3nccn32)cc1. The molecule has 5 rings (SSSR count). The van der Waals surface area contributed by atoms with E-state index in [1.165, 1.54) is 48.8 Å². The minimum Gasteiger partial charge on any atom is -0.317 e. The van der Waals surface area contributed by atoms with Gasteiger partial charge in [-0.1, -0.05) is 84.4 Å². The molecule has 26 heavy (non-hydrogen) atoms. The maximum Gasteiger partial charge on any atom is 0.141 e. The molecule has 2 heterocycles. The van der Waals surface area contributed by atoms with Crippen LogP contribution in [0.4, 0.5) is 0 Å².